The summed E-state index contributed by atoms with van der Waals surface area (Å²) in [7, 11) is -3.92. The molecule has 3 aromatic rings. The fourth-order valence-electron chi connectivity index (χ4n) is 2.54. The number of nitrogens with zero attached hydrogens (tertiary/aromatic N) is 2. The van der Waals surface area contributed by atoms with Crippen molar-refractivity contribution in [3.05, 3.63) is 71.5 Å². The van der Waals surface area contributed by atoms with Gasteiger partial charge in [0.1, 0.15) is 0 Å². The van der Waals surface area contributed by atoms with E-state index >= 15 is 0 Å². The molecule has 0 spiro atoms. The number of anilines is 1. The predicted octanol–water partition coefficient (Wildman–Crippen LogP) is 2.99. The van der Waals surface area contributed by atoms with Crippen LogP contribution in [0, 0.1) is 13.8 Å². The number of nitrogens with one attached hydrogen (secondary N) is 1. The molecule has 0 bridgehead atoms. The Morgan fingerprint density at radius 3 is 2.42 bits per heavy atom. The summed E-state index contributed by atoms with van der Waals surface area (Å²) in [6.45, 7) is 3.33. The Bertz CT molecular complexity index is 1060. The van der Waals surface area contributed by atoms with Gasteiger partial charge in [0.2, 0.25) is 0 Å². The summed E-state index contributed by atoms with van der Waals surface area (Å²) < 4.78 is 29.6. The van der Waals surface area contributed by atoms with E-state index in [1.165, 1.54) is 12.1 Å². The molecule has 3 rings (SSSR count). The fourth-order valence-corrected chi connectivity index (χ4v) is 3.95. The summed E-state index contributed by atoms with van der Waals surface area (Å²) in [5.41, 5.74) is 2.20. The third-order valence-corrected chi connectivity index (χ3v) is 5.55. The number of sulfonamides is 1. The molecule has 0 radical (unpaired) electrons. The van der Waals surface area contributed by atoms with Gasteiger partial charge in [0, 0.05) is 18.1 Å². The zero-order valence-electron chi connectivity index (χ0n) is 14.2. The van der Waals surface area contributed by atoms with Crippen LogP contribution >= 0.6 is 0 Å². The Balaban J connectivity index is 1.93. The number of rotatable bonds is 5. The van der Waals surface area contributed by atoms with Gasteiger partial charge in [-0.15, -0.1) is 0 Å². The van der Waals surface area contributed by atoms with Gasteiger partial charge in [-0.2, -0.15) is 5.10 Å². The average Bonchev–Trinajstić information content (AvgIpc) is 3.11. The summed E-state index contributed by atoms with van der Waals surface area (Å²) in [6.07, 6.45) is 3.43. The van der Waals surface area contributed by atoms with E-state index in [4.69, 9.17) is 0 Å². The third-order valence-electron chi connectivity index (χ3n) is 4.04. The Labute approximate surface area is 151 Å². The van der Waals surface area contributed by atoms with Crippen LogP contribution in [0.5, 0.6) is 0 Å². The largest absolute Gasteiger partial charge is 0.478 e. The standard InChI is InChI=1S/C18H17N3O4S/c1-12-10-14(18(22)23)11-17(13(12)2)26(24,25)20-15-4-6-16(7-5-15)21-9-3-8-19-21/h3-11,20H,1-2H3,(H,22,23). The lowest BCUT2D eigenvalue weighted by atomic mass is 10.1. The van der Waals surface area contributed by atoms with Gasteiger partial charge in [-0.25, -0.2) is 17.9 Å². The van der Waals surface area contributed by atoms with Crippen LogP contribution in [-0.4, -0.2) is 29.3 Å². The molecular weight excluding hydrogens is 354 g/mol. The van der Waals surface area contributed by atoms with Crippen molar-refractivity contribution in [2.24, 2.45) is 0 Å². The molecule has 0 aliphatic rings. The van der Waals surface area contributed by atoms with Crippen molar-refractivity contribution >= 4 is 21.7 Å². The molecule has 134 valence electrons. The molecule has 2 aromatic carbocycles. The first kappa shape index (κ1) is 17.7. The van der Waals surface area contributed by atoms with Crippen molar-refractivity contribution in [1.29, 1.82) is 0 Å². The smallest absolute Gasteiger partial charge is 0.335 e. The lowest BCUT2D eigenvalue weighted by Gasteiger charge is -2.13. The van der Waals surface area contributed by atoms with Gasteiger partial charge in [-0.3, -0.25) is 4.72 Å². The molecule has 0 fully saturated rings. The molecule has 7 nitrogen and oxygen atoms in total. The predicted molar refractivity (Wildman–Crippen MR) is 97.2 cm³/mol. The number of carbonyl (C=O) groups is 1. The molecule has 0 aliphatic carbocycles. The minimum absolute atomic E-state index is 0.0500. The van der Waals surface area contributed by atoms with Crippen molar-refractivity contribution in [2.45, 2.75) is 18.7 Å². The van der Waals surface area contributed by atoms with Crippen molar-refractivity contribution in [3.63, 3.8) is 0 Å². The number of hydrogen-bond donors (Lipinski definition) is 2. The van der Waals surface area contributed by atoms with Crippen LogP contribution in [0.25, 0.3) is 5.69 Å². The van der Waals surface area contributed by atoms with Gasteiger partial charge in [0.05, 0.1) is 16.1 Å². The van der Waals surface area contributed by atoms with Crippen molar-refractivity contribution in [3.8, 4) is 5.69 Å². The van der Waals surface area contributed by atoms with E-state index in [0.29, 0.717) is 16.8 Å². The number of carboxylic acids is 1. The molecule has 0 aliphatic heterocycles. The number of benzene rings is 2. The van der Waals surface area contributed by atoms with E-state index in [2.05, 4.69) is 9.82 Å². The van der Waals surface area contributed by atoms with Gasteiger partial charge in [-0.1, -0.05) is 0 Å². The molecule has 0 saturated carbocycles. The second-order valence-electron chi connectivity index (χ2n) is 5.82. The summed E-state index contributed by atoms with van der Waals surface area (Å²) in [5.74, 6) is -1.17. The quantitative estimate of drug-likeness (QED) is 0.718. The van der Waals surface area contributed by atoms with E-state index in [1.54, 1.807) is 61.3 Å². The molecule has 2 N–H and O–H groups in total. The van der Waals surface area contributed by atoms with Crippen LogP contribution in [0.2, 0.25) is 0 Å². The molecule has 0 unspecified atom stereocenters. The topological polar surface area (TPSA) is 101 Å². The lowest BCUT2D eigenvalue weighted by Crippen LogP contribution is -2.16. The van der Waals surface area contributed by atoms with Gasteiger partial charge in [0.15, 0.2) is 0 Å². The highest BCUT2D eigenvalue weighted by molar-refractivity contribution is 7.92. The van der Waals surface area contributed by atoms with Crippen LogP contribution in [0.1, 0.15) is 21.5 Å². The average molecular weight is 371 g/mol. The van der Waals surface area contributed by atoms with Crippen LogP contribution in [0.15, 0.2) is 59.8 Å². The minimum atomic E-state index is -3.92. The van der Waals surface area contributed by atoms with E-state index in [9.17, 15) is 18.3 Å². The summed E-state index contributed by atoms with van der Waals surface area (Å²) in [5, 5.41) is 13.3. The SMILES string of the molecule is Cc1cc(C(=O)O)cc(S(=O)(=O)Nc2ccc(-n3cccn3)cc2)c1C. The van der Waals surface area contributed by atoms with Gasteiger partial charge >= 0.3 is 5.97 Å². The first-order valence-electron chi connectivity index (χ1n) is 7.75. The Hall–Kier alpha value is -3.13. The van der Waals surface area contributed by atoms with Crippen LogP contribution in [0.3, 0.4) is 0 Å². The molecule has 8 heteroatoms. The maximum Gasteiger partial charge on any atom is 0.335 e. The van der Waals surface area contributed by atoms with Crippen LogP contribution in [0.4, 0.5) is 5.69 Å². The summed E-state index contributed by atoms with van der Waals surface area (Å²) >= 11 is 0. The first-order chi connectivity index (χ1) is 12.3. The highest BCUT2D eigenvalue weighted by Crippen LogP contribution is 2.24. The lowest BCUT2D eigenvalue weighted by molar-refractivity contribution is 0.0696. The summed E-state index contributed by atoms with van der Waals surface area (Å²) in [4.78, 5) is 11.2. The van der Waals surface area contributed by atoms with E-state index in [1.807, 2.05) is 0 Å². The number of hydrogen-bond acceptors (Lipinski definition) is 4. The molecule has 1 heterocycles. The summed E-state index contributed by atoms with van der Waals surface area (Å²) in [6, 6.07) is 11.1. The number of carboxylic acid groups (broad SMARTS) is 1. The second-order valence-corrected chi connectivity index (χ2v) is 7.48. The monoisotopic (exact) mass is 371 g/mol. The Kier molecular flexibility index (Phi) is 4.52. The third kappa shape index (κ3) is 3.45. The Morgan fingerprint density at radius 1 is 1.15 bits per heavy atom. The Morgan fingerprint density at radius 2 is 1.85 bits per heavy atom. The van der Waals surface area contributed by atoms with Crippen LogP contribution in [-0.2, 0) is 10.0 Å². The van der Waals surface area contributed by atoms with E-state index in [0.717, 1.165) is 5.69 Å². The van der Waals surface area contributed by atoms with Gasteiger partial charge in [0.25, 0.3) is 10.0 Å². The highest BCUT2D eigenvalue weighted by atomic mass is 32.2. The normalized spacial score (nSPS) is 11.3. The highest BCUT2D eigenvalue weighted by Gasteiger charge is 2.21. The minimum Gasteiger partial charge on any atom is -0.478 e. The number of aromatic carboxylic acids is 1. The molecular formula is C18H17N3O4S. The van der Waals surface area contributed by atoms with E-state index < -0.39 is 16.0 Å². The first-order valence-corrected chi connectivity index (χ1v) is 9.24. The van der Waals surface area contributed by atoms with E-state index in [-0.39, 0.29) is 10.5 Å². The fraction of sp³-hybridized carbons (Fsp3) is 0.111. The molecule has 0 amide bonds. The van der Waals surface area contributed by atoms with Gasteiger partial charge < -0.3 is 5.11 Å². The zero-order chi connectivity index (χ0) is 18.9. The van der Waals surface area contributed by atoms with Crippen LogP contribution < -0.4 is 4.72 Å². The number of aryl methyl sites for hydroxylation is 1. The van der Waals surface area contributed by atoms with Crippen molar-refractivity contribution < 1.29 is 18.3 Å². The van der Waals surface area contributed by atoms with Crippen molar-refractivity contribution in [2.75, 3.05) is 4.72 Å². The molecule has 0 atom stereocenters. The zero-order valence-corrected chi connectivity index (χ0v) is 15.0. The van der Waals surface area contributed by atoms with Gasteiger partial charge in [-0.05, 0) is 67.4 Å². The van der Waals surface area contributed by atoms with Crippen molar-refractivity contribution in [1.82, 2.24) is 9.78 Å². The maximum absolute atomic E-state index is 12.7. The second kappa shape index (κ2) is 6.64. The maximum atomic E-state index is 12.7. The number of aromatic nitrogens is 2. The molecule has 0 saturated heterocycles. The molecule has 26 heavy (non-hydrogen) atoms. The molecule has 1 aromatic heterocycles.